The first-order valence-corrected chi connectivity index (χ1v) is 7.44. The molecule has 0 fully saturated rings. The van der Waals surface area contributed by atoms with E-state index in [1.165, 1.54) is 11.3 Å². The second-order valence-corrected chi connectivity index (χ2v) is 6.49. The number of methoxy groups -OCH3 is 3. The van der Waals surface area contributed by atoms with Crippen molar-refractivity contribution in [2.45, 2.75) is 6.10 Å². The molecular formula is C14H15BrO4S. The minimum absolute atomic E-state index is 0.554. The maximum Gasteiger partial charge on any atom is 0.164 e. The van der Waals surface area contributed by atoms with Gasteiger partial charge in [-0.2, -0.15) is 0 Å². The molecule has 1 heterocycles. The molecule has 0 radical (unpaired) electrons. The highest BCUT2D eigenvalue weighted by Crippen LogP contribution is 2.41. The standard InChI is InChI=1S/C14H15BrO4S/c1-17-9-7-11(19-3)10(18-2)6-8(9)14(16)12-4-5-13(15)20-12/h4-7,14,16H,1-3H3. The smallest absolute Gasteiger partial charge is 0.164 e. The van der Waals surface area contributed by atoms with Crippen LogP contribution in [-0.2, 0) is 0 Å². The van der Waals surface area contributed by atoms with E-state index in [1.807, 2.05) is 12.1 Å². The highest BCUT2D eigenvalue weighted by molar-refractivity contribution is 9.11. The van der Waals surface area contributed by atoms with E-state index < -0.39 is 6.10 Å². The monoisotopic (exact) mass is 358 g/mol. The lowest BCUT2D eigenvalue weighted by atomic mass is 10.1. The summed E-state index contributed by atoms with van der Waals surface area (Å²) in [6.07, 6.45) is -0.777. The lowest BCUT2D eigenvalue weighted by molar-refractivity contribution is 0.217. The molecule has 0 amide bonds. The molecule has 6 heteroatoms. The van der Waals surface area contributed by atoms with Gasteiger partial charge in [0.2, 0.25) is 0 Å². The third kappa shape index (κ3) is 2.92. The normalized spacial score (nSPS) is 12.1. The average Bonchev–Trinajstić information content (AvgIpc) is 2.91. The van der Waals surface area contributed by atoms with Crippen molar-refractivity contribution < 1.29 is 19.3 Å². The zero-order valence-corrected chi connectivity index (χ0v) is 13.7. The lowest BCUT2D eigenvalue weighted by Crippen LogP contribution is -2.02. The number of halogens is 1. The van der Waals surface area contributed by atoms with Gasteiger partial charge in [0.25, 0.3) is 0 Å². The molecule has 0 saturated carbocycles. The van der Waals surface area contributed by atoms with E-state index in [1.54, 1.807) is 33.5 Å². The number of rotatable bonds is 5. The highest BCUT2D eigenvalue weighted by atomic mass is 79.9. The maximum absolute atomic E-state index is 10.5. The second kappa shape index (κ2) is 6.47. The number of ether oxygens (including phenoxy) is 3. The first-order chi connectivity index (χ1) is 9.60. The molecule has 0 saturated heterocycles. The van der Waals surface area contributed by atoms with Gasteiger partial charge in [-0.15, -0.1) is 11.3 Å². The number of aliphatic hydroxyl groups excluding tert-OH is 1. The summed E-state index contributed by atoms with van der Waals surface area (Å²) in [5.74, 6) is 1.67. The van der Waals surface area contributed by atoms with Crippen LogP contribution in [0.4, 0.5) is 0 Å². The third-order valence-electron chi connectivity index (χ3n) is 2.89. The predicted octanol–water partition coefficient (Wildman–Crippen LogP) is 3.62. The minimum Gasteiger partial charge on any atom is -0.496 e. The van der Waals surface area contributed by atoms with Crippen LogP contribution in [0.2, 0.25) is 0 Å². The van der Waals surface area contributed by atoms with Crippen molar-refractivity contribution in [3.05, 3.63) is 38.5 Å². The van der Waals surface area contributed by atoms with E-state index in [0.717, 1.165) is 8.66 Å². The molecule has 1 unspecified atom stereocenters. The Morgan fingerprint density at radius 3 is 2.10 bits per heavy atom. The molecule has 0 aliphatic carbocycles. The Kier molecular flexibility index (Phi) is 4.91. The predicted molar refractivity (Wildman–Crippen MR) is 82.2 cm³/mol. The highest BCUT2D eigenvalue weighted by Gasteiger charge is 2.20. The van der Waals surface area contributed by atoms with Gasteiger partial charge in [-0.1, -0.05) is 0 Å². The Balaban J connectivity index is 2.49. The van der Waals surface area contributed by atoms with Crippen LogP contribution in [0.5, 0.6) is 17.2 Å². The van der Waals surface area contributed by atoms with Crippen LogP contribution in [0.15, 0.2) is 28.1 Å². The Bertz CT molecular complexity index is 597. The summed E-state index contributed by atoms with van der Waals surface area (Å²) in [5, 5.41) is 10.5. The van der Waals surface area contributed by atoms with Crippen molar-refractivity contribution in [3.63, 3.8) is 0 Å². The Morgan fingerprint density at radius 1 is 1.00 bits per heavy atom. The third-order valence-corrected chi connectivity index (χ3v) is 4.57. The zero-order valence-electron chi connectivity index (χ0n) is 11.3. The van der Waals surface area contributed by atoms with Gasteiger partial charge in [-0.25, -0.2) is 0 Å². The summed E-state index contributed by atoms with van der Waals surface area (Å²) >= 11 is 4.86. The number of benzene rings is 1. The van der Waals surface area contributed by atoms with E-state index in [-0.39, 0.29) is 0 Å². The van der Waals surface area contributed by atoms with Gasteiger partial charge in [0.15, 0.2) is 11.5 Å². The quantitative estimate of drug-likeness (QED) is 0.886. The van der Waals surface area contributed by atoms with Crippen LogP contribution in [-0.4, -0.2) is 26.4 Å². The van der Waals surface area contributed by atoms with E-state index in [9.17, 15) is 5.11 Å². The molecule has 2 aromatic rings. The molecule has 1 aromatic heterocycles. The van der Waals surface area contributed by atoms with Gasteiger partial charge < -0.3 is 19.3 Å². The summed E-state index contributed by atoms with van der Waals surface area (Å²) < 4.78 is 16.8. The van der Waals surface area contributed by atoms with Crippen molar-refractivity contribution in [3.8, 4) is 17.2 Å². The van der Waals surface area contributed by atoms with Gasteiger partial charge in [-0.05, 0) is 34.1 Å². The van der Waals surface area contributed by atoms with Crippen LogP contribution >= 0.6 is 27.3 Å². The summed E-state index contributed by atoms with van der Waals surface area (Å²) in [6, 6.07) is 7.21. The fourth-order valence-electron chi connectivity index (χ4n) is 1.90. The van der Waals surface area contributed by atoms with Crippen LogP contribution in [0.1, 0.15) is 16.5 Å². The van der Waals surface area contributed by atoms with Crippen molar-refractivity contribution in [2.75, 3.05) is 21.3 Å². The van der Waals surface area contributed by atoms with Gasteiger partial charge in [0.05, 0.1) is 25.1 Å². The maximum atomic E-state index is 10.5. The molecule has 1 atom stereocenters. The van der Waals surface area contributed by atoms with Crippen LogP contribution < -0.4 is 14.2 Å². The van der Waals surface area contributed by atoms with E-state index >= 15 is 0 Å². The molecule has 1 N–H and O–H groups in total. The van der Waals surface area contributed by atoms with Gasteiger partial charge in [0.1, 0.15) is 11.9 Å². The molecule has 0 aliphatic rings. The molecule has 2 rings (SSSR count). The number of thiophene rings is 1. The molecule has 0 spiro atoms. The van der Waals surface area contributed by atoms with Gasteiger partial charge >= 0.3 is 0 Å². The molecular weight excluding hydrogens is 344 g/mol. The largest absolute Gasteiger partial charge is 0.496 e. The summed E-state index contributed by atoms with van der Waals surface area (Å²) in [5.41, 5.74) is 0.638. The van der Waals surface area contributed by atoms with Crippen molar-refractivity contribution in [1.82, 2.24) is 0 Å². The fraction of sp³-hybridized carbons (Fsp3) is 0.286. The number of hydrogen-bond acceptors (Lipinski definition) is 5. The molecule has 20 heavy (non-hydrogen) atoms. The Hall–Kier alpha value is -1.24. The molecule has 1 aromatic carbocycles. The minimum atomic E-state index is -0.777. The Morgan fingerprint density at radius 2 is 1.60 bits per heavy atom. The average molecular weight is 359 g/mol. The van der Waals surface area contributed by atoms with Gasteiger partial charge in [0, 0.05) is 16.5 Å². The van der Waals surface area contributed by atoms with Crippen molar-refractivity contribution in [1.29, 1.82) is 0 Å². The zero-order chi connectivity index (χ0) is 14.7. The molecule has 0 aliphatic heterocycles. The van der Waals surface area contributed by atoms with Crippen molar-refractivity contribution in [2.24, 2.45) is 0 Å². The summed E-state index contributed by atoms with van der Waals surface area (Å²) in [7, 11) is 4.67. The first kappa shape index (κ1) is 15.2. The number of hydrogen-bond donors (Lipinski definition) is 1. The van der Waals surface area contributed by atoms with E-state index in [2.05, 4.69) is 15.9 Å². The van der Waals surface area contributed by atoms with Crippen LogP contribution in [0.25, 0.3) is 0 Å². The SMILES string of the molecule is COc1cc(OC)c(C(O)c2ccc(Br)s2)cc1OC. The second-order valence-electron chi connectivity index (χ2n) is 3.99. The van der Waals surface area contributed by atoms with Crippen molar-refractivity contribution >= 4 is 27.3 Å². The fourth-order valence-corrected chi connectivity index (χ4v) is 3.32. The summed E-state index contributed by atoms with van der Waals surface area (Å²) in [6.45, 7) is 0. The van der Waals surface area contributed by atoms with Crippen LogP contribution in [0.3, 0.4) is 0 Å². The Labute approximate surface area is 130 Å². The van der Waals surface area contributed by atoms with Gasteiger partial charge in [-0.3, -0.25) is 0 Å². The molecule has 108 valence electrons. The molecule has 0 bridgehead atoms. The topological polar surface area (TPSA) is 47.9 Å². The first-order valence-electron chi connectivity index (χ1n) is 5.84. The summed E-state index contributed by atoms with van der Waals surface area (Å²) in [4.78, 5) is 0.822. The van der Waals surface area contributed by atoms with E-state index in [4.69, 9.17) is 14.2 Å². The van der Waals surface area contributed by atoms with E-state index in [0.29, 0.717) is 22.8 Å². The van der Waals surface area contributed by atoms with Crippen LogP contribution in [0, 0.1) is 0 Å². The lowest BCUT2D eigenvalue weighted by Gasteiger charge is -2.17. The number of aliphatic hydroxyl groups is 1. The molecule has 4 nitrogen and oxygen atoms in total.